The molecule has 90 valence electrons. The van der Waals surface area contributed by atoms with E-state index in [1.54, 1.807) is 6.20 Å². The minimum absolute atomic E-state index is 0.655. The summed E-state index contributed by atoms with van der Waals surface area (Å²) in [6, 6.07) is 3.88. The van der Waals surface area contributed by atoms with E-state index in [0.29, 0.717) is 12.5 Å². The lowest BCUT2D eigenvalue weighted by atomic mass is 10.3. The Bertz CT molecular complexity index is 285. The number of pyridine rings is 1. The first-order valence-corrected chi connectivity index (χ1v) is 5.70. The smallest absolute Gasteiger partial charge is 0.213 e. The van der Waals surface area contributed by atoms with Gasteiger partial charge in [0.2, 0.25) is 5.88 Å². The number of ether oxygens (including phenoxy) is 1. The second-order valence-electron chi connectivity index (χ2n) is 3.90. The molecular formula is C12H21N3O. The van der Waals surface area contributed by atoms with Crippen LogP contribution in [0.4, 0.5) is 5.69 Å². The van der Waals surface area contributed by atoms with E-state index in [1.807, 2.05) is 19.1 Å². The fraction of sp³-hybridized carbons (Fsp3) is 0.583. The van der Waals surface area contributed by atoms with Gasteiger partial charge in [0, 0.05) is 12.6 Å². The van der Waals surface area contributed by atoms with Gasteiger partial charge in [0.25, 0.3) is 0 Å². The van der Waals surface area contributed by atoms with Crippen molar-refractivity contribution in [1.82, 2.24) is 9.88 Å². The lowest BCUT2D eigenvalue weighted by Gasteiger charge is -2.10. The van der Waals surface area contributed by atoms with Gasteiger partial charge in [-0.3, -0.25) is 0 Å². The average molecular weight is 223 g/mol. The Morgan fingerprint density at radius 2 is 2.19 bits per heavy atom. The first-order valence-electron chi connectivity index (χ1n) is 5.70. The maximum Gasteiger partial charge on any atom is 0.213 e. The van der Waals surface area contributed by atoms with E-state index < -0.39 is 0 Å². The van der Waals surface area contributed by atoms with E-state index in [1.165, 1.54) is 0 Å². The fourth-order valence-electron chi connectivity index (χ4n) is 1.35. The highest BCUT2D eigenvalue weighted by molar-refractivity contribution is 5.41. The van der Waals surface area contributed by atoms with Crippen molar-refractivity contribution in [2.24, 2.45) is 0 Å². The molecule has 0 amide bonds. The Kier molecular flexibility index (Phi) is 5.64. The predicted octanol–water partition coefficient (Wildman–Crippen LogP) is 1.84. The van der Waals surface area contributed by atoms with E-state index in [9.17, 15) is 0 Å². The first kappa shape index (κ1) is 12.8. The molecule has 0 aromatic carbocycles. The van der Waals surface area contributed by atoms with Crippen LogP contribution in [-0.4, -0.2) is 43.7 Å². The number of aromatic nitrogens is 1. The Morgan fingerprint density at radius 1 is 1.38 bits per heavy atom. The molecular weight excluding hydrogens is 202 g/mol. The van der Waals surface area contributed by atoms with Gasteiger partial charge in [-0.25, -0.2) is 4.98 Å². The van der Waals surface area contributed by atoms with Crippen LogP contribution in [0.2, 0.25) is 0 Å². The molecule has 1 aromatic heterocycles. The Labute approximate surface area is 97.6 Å². The zero-order valence-electron chi connectivity index (χ0n) is 10.4. The molecule has 0 aliphatic heterocycles. The molecule has 4 heteroatoms. The number of anilines is 1. The van der Waals surface area contributed by atoms with Crippen molar-refractivity contribution >= 4 is 5.69 Å². The van der Waals surface area contributed by atoms with Gasteiger partial charge in [0.05, 0.1) is 18.5 Å². The average Bonchev–Trinajstić information content (AvgIpc) is 2.27. The van der Waals surface area contributed by atoms with Gasteiger partial charge in [-0.15, -0.1) is 0 Å². The third kappa shape index (κ3) is 4.98. The molecule has 0 bridgehead atoms. The van der Waals surface area contributed by atoms with Crippen molar-refractivity contribution in [2.45, 2.75) is 13.3 Å². The summed E-state index contributed by atoms with van der Waals surface area (Å²) < 4.78 is 5.27. The Balaban J connectivity index is 2.26. The molecule has 0 atom stereocenters. The molecule has 0 unspecified atom stereocenters. The molecule has 4 nitrogen and oxygen atoms in total. The summed E-state index contributed by atoms with van der Waals surface area (Å²) in [5.74, 6) is 0.682. The van der Waals surface area contributed by atoms with Gasteiger partial charge in [0.1, 0.15) is 0 Å². The minimum atomic E-state index is 0.655. The highest BCUT2D eigenvalue weighted by Gasteiger charge is 1.95. The third-order valence-electron chi connectivity index (χ3n) is 2.14. The van der Waals surface area contributed by atoms with Crippen LogP contribution in [-0.2, 0) is 0 Å². The second kappa shape index (κ2) is 7.06. The van der Waals surface area contributed by atoms with Crippen molar-refractivity contribution in [3.8, 4) is 5.88 Å². The van der Waals surface area contributed by atoms with Crippen LogP contribution in [0, 0.1) is 0 Å². The van der Waals surface area contributed by atoms with Crippen LogP contribution in [0.5, 0.6) is 5.88 Å². The summed E-state index contributed by atoms with van der Waals surface area (Å²) >= 11 is 0. The maximum atomic E-state index is 5.27. The van der Waals surface area contributed by atoms with Gasteiger partial charge in [-0.1, -0.05) is 0 Å². The molecule has 0 aliphatic rings. The molecule has 0 fully saturated rings. The van der Waals surface area contributed by atoms with Crippen LogP contribution in [0.1, 0.15) is 13.3 Å². The molecule has 1 heterocycles. The number of nitrogens with one attached hydrogen (secondary N) is 1. The van der Waals surface area contributed by atoms with E-state index in [0.717, 1.165) is 25.2 Å². The van der Waals surface area contributed by atoms with Gasteiger partial charge in [-0.2, -0.15) is 0 Å². The number of hydrogen-bond donors (Lipinski definition) is 1. The molecule has 0 spiro atoms. The van der Waals surface area contributed by atoms with E-state index in [4.69, 9.17) is 4.74 Å². The largest absolute Gasteiger partial charge is 0.478 e. The maximum absolute atomic E-state index is 5.27. The van der Waals surface area contributed by atoms with Crippen molar-refractivity contribution < 1.29 is 4.74 Å². The van der Waals surface area contributed by atoms with Gasteiger partial charge >= 0.3 is 0 Å². The van der Waals surface area contributed by atoms with Crippen molar-refractivity contribution in [3.05, 3.63) is 18.3 Å². The molecule has 0 radical (unpaired) electrons. The molecule has 0 aliphatic carbocycles. The number of rotatable bonds is 7. The summed E-state index contributed by atoms with van der Waals surface area (Å²) in [5.41, 5.74) is 1.04. The topological polar surface area (TPSA) is 37.4 Å². The predicted molar refractivity (Wildman–Crippen MR) is 67.1 cm³/mol. The second-order valence-corrected chi connectivity index (χ2v) is 3.90. The van der Waals surface area contributed by atoms with Crippen LogP contribution >= 0.6 is 0 Å². The van der Waals surface area contributed by atoms with Crippen LogP contribution < -0.4 is 10.1 Å². The number of hydrogen-bond acceptors (Lipinski definition) is 4. The third-order valence-corrected chi connectivity index (χ3v) is 2.14. The van der Waals surface area contributed by atoms with Crippen LogP contribution in [0.3, 0.4) is 0 Å². The van der Waals surface area contributed by atoms with E-state index >= 15 is 0 Å². The summed E-state index contributed by atoms with van der Waals surface area (Å²) in [7, 11) is 4.16. The van der Waals surface area contributed by atoms with Gasteiger partial charge in [-0.05, 0) is 40.1 Å². The molecule has 0 saturated carbocycles. The zero-order chi connectivity index (χ0) is 11.8. The Morgan fingerprint density at radius 3 is 2.75 bits per heavy atom. The van der Waals surface area contributed by atoms with E-state index in [2.05, 4.69) is 29.3 Å². The summed E-state index contributed by atoms with van der Waals surface area (Å²) in [5, 5.41) is 3.32. The summed E-state index contributed by atoms with van der Waals surface area (Å²) in [6.07, 6.45) is 2.93. The molecule has 1 rings (SSSR count). The standard InChI is InChI=1S/C12H21N3O/c1-4-16-12-7-6-11(10-14-12)13-8-5-9-15(2)3/h6-7,10,13H,4-5,8-9H2,1-3H3. The lowest BCUT2D eigenvalue weighted by Crippen LogP contribution is -2.16. The van der Waals surface area contributed by atoms with E-state index in [-0.39, 0.29) is 0 Å². The monoisotopic (exact) mass is 223 g/mol. The van der Waals surface area contributed by atoms with Crippen LogP contribution in [0.15, 0.2) is 18.3 Å². The van der Waals surface area contributed by atoms with Crippen molar-refractivity contribution in [3.63, 3.8) is 0 Å². The van der Waals surface area contributed by atoms with Crippen molar-refractivity contribution in [2.75, 3.05) is 39.1 Å². The number of nitrogens with zero attached hydrogens (tertiary/aromatic N) is 2. The normalized spacial score (nSPS) is 10.5. The Hall–Kier alpha value is -1.29. The highest BCUT2D eigenvalue weighted by Crippen LogP contribution is 2.11. The fourth-order valence-corrected chi connectivity index (χ4v) is 1.35. The molecule has 0 saturated heterocycles. The van der Waals surface area contributed by atoms with Crippen LogP contribution in [0.25, 0.3) is 0 Å². The quantitative estimate of drug-likeness (QED) is 0.716. The van der Waals surface area contributed by atoms with Gasteiger partial charge in [0.15, 0.2) is 0 Å². The zero-order valence-corrected chi connectivity index (χ0v) is 10.4. The summed E-state index contributed by atoms with van der Waals surface area (Å²) in [6.45, 7) is 4.67. The molecule has 1 aromatic rings. The summed E-state index contributed by atoms with van der Waals surface area (Å²) in [4.78, 5) is 6.37. The van der Waals surface area contributed by atoms with Gasteiger partial charge < -0.3 is 15.0 Å². The lowest BCUT2D eigenvalue weighted by molar-refractivity contribution is 0.327. The highest BCUT2D eigenvalue weighted by atomic mass is 16.5. The van der Waals surface area contributed by atoms with Crippen molar-refractivity contribution in [1.29, 1.82) is 0 Å². The minimum Gasteiger partial charge on any atom is -0.478 e. The molecule has 1 N–H and O–H groups in total. The molecule has 16 heavy (non-hydrogen) atoms. The SMILES string of the molecule is CCOc1ccc(NCCCN(C)C)cn1. The first-order chi connectivity index (χ1) is 7.72.